The van der Waals surface area contributed by atoms with Gasteiger partial charge in [0.1, 0.15) is 5.60 Å². The smallest absolute Gasteiger partial charge is 0.254 e. The molecule has 21 heavy (non-hydrogen) atoms. The standard InChI is InChI=1S/C15H23N3O3/c1-11-16-13(17-21-11)9-12-5-3-8-18(10-12)14(19)15(20-2)6-4-7-15/h12H,3-10H2,1-2H3. The minimum Gasteiger partial charge on any atom is -0.368 e. The van der Waals surface area contributed by atoms with Crippen LogP contribution in [0.25, 0.3) is 0 Å². The van der Waals surface area contributed by atoms with Crippen LogP contribution in [-0.2, 0) is 16.0 Å². The Balaban J connectivity index is 1.61. The van der Waals surface area contributed by atoms with E-state index in [0.717, 1.165) is 57.4 Å². The van der Waals surface area contributed by atoms with Crippen LogP contribution in [0, 0.1) is 12.8 Å². The highest BCUT2D eigenvalue weighted by molar-refractivity contribution is 5.86. The second kappa shape index (κ2) is 5.75. The quantitative estimate of drug-likeness (QED) is 0.845. The number of hydrogen-bond donors (Lipinski definition) is 0. The van der Waals surface area contributed by atoms with Gasteiger partial charge in [0.25, 0.3) is 5.91 Å². The van der Waals surface area contributed by atoms with Gasteiger partial charge in [-0.1, -0.05) is 5.16 Å². The van der Waals surface area contributed by atoms with Crippen LogP contribution in [0.5, 0.6) is 0 Å². The molecule has 1 aliphatic heterocycles. The summed E-state index contributed by atoms with van der Waals surface area (Å²) in [4.78, 5) is 18.9. The van der Waals surface area contributed by atoms with Gasteiger partial charge in [-0.25, -0.2) is 0 Å². The van der Waals surface area contributed by atoms with Gasteiger partial charge in [0.05, 0.1) is 0 Å². The summed E-state index contributed by atoms with van der Waals surface area (Å²) in [6.07, 6.45) is 5.71. The first-order valence-electron chi connectivity index (χ1n) is 7.77. The Hall–Kier alpha value is -1.43. The summed E-state index contributed by atoms with van der Waals surface area (Å²) in [6, 6.07) is 0. The molecular weight excluding hydrogens is 270 g/mol. The zero-order valence-electron chi connectivity index (χ0n) is 12.8. The maximum absolute atomic E-state index is 12.7. The van der Waals surface area contributed by atoms with Crippen LogP contribution >= 0.6 is 0 Å². The van der Waals surface area contributed by atoms with E-state index in [0.29, 0.717) is 11.8 Å². The number of likely N-dealkylation sites (tertiary alicyclic amines) is 1. The van der Waals surface area contributed by atoms with Crippen LogP contribution in [0.4, 0.5) is 0 Å². The molecule has 1 aromatic rings. The number of aryl methyl sites for hydroxylation is 1. The van der Waals surface area contributed by atoms with Crippen LogP contribution in [0.3, 0.4) is 0 Å². The average molecular weight is 293 g/mol. The molecule has 0 spiro atoms. The number of aromatic nitrogens is 2. The Morgan fingerprint density at radius 2 is 2.29 bits per heavy atom. The third-order valence-electron chi connectivity index (χ3n) is 4.79. The molecule has 116 valence electrons. The van der Waals surface area contributed by atoms with Gasteiger partial charge in [0.2, 0.25) is 5.89 Å². The Kier molecular flexibility index (Phi) is 3.97. The average Bonchev–Trinajstić information content (AvgIpc) is 2.84. The van der Waals surface area contributed by atoms with Crippen molar-refractivity contribution in [2.24, 2.45) is 5.92 Å². The Labute approximate surface area is 124 Å². The highest BCUT2D eigenvalue weighted by Gasteiger charge is 2.47. The van der Waals surface area contributed by atoms with Gasteiger partial charge in [-0.15, -0.1) is 0 Å². The normalized spacial score (nSPS) is 24.7. The fourth-order valence-electron chi connectivity index (χ4n) is 3.39. The summed E-state index contributed by atoms with van der Waals surface area (Å²) >= 11 is 0. The van der Waals surface area contributed by atoms with E-state index >= 15 is 0 Å². The van der Waals surface area contributed by atoms with Crippen LogP contribution in [0.15, 0.2) is 4.52 Å². The summed E-state index contributed by atoms with van der Waals surface area (Å²) in [5, 5.41) is 3.96. The second-order valence-electron chi connectivity index (χ2n) is 6.25. The van der Waals surface area contributed by atoms with E-state index in [1.807, 2.05) is 4.90 Å². The lowest BCUT2D eigenvalue weighted by Gasteiger charge is -2.44. The van der Waals surface area contributed by atoms with E-state index in [4.69, 9.17) is 9.26 Å². The molecule has 2 heterocycles. The lowest BCUT2D eigenvalue weighted by Crippen LogP contribution is -2.56. The molecule has 2 aliphatic rings. The molecular formula is C15H23N3O3. The Morgan fingerprint density at radius 3 is 2.86 bits per heavy atom. The fraction of sp³-hybridized carbons (Fsp3) is 0.800. The van der Waals surface area contributed by atoms with Crippen molar-refractivity contribution >= 4 is 5.91 Å². The minimum absolute atomic E-state index is 0.172. The number of amides is 1. The van der Waals surface area contributed by atoms with Crippen LogP contribution in [0.2, 0.25) is 0 Å². The van der Waals surface area contributed by atoms with E-state index < -0.39 is 5.60 Å². The van der Waals surface area contributed by atoms with Crippen molar-refractivity contribution in [2.45, 2.75) is 51.0 Å². The highest BCUT2D eigenvalue weighted by Crippen LogP contribution is 2.37. The number of piperidine rings is 1. The molecule has 0 N–H and O–H groups in total. The molecule has 0 aromatic carbocycles. The van der Waals surface area contributed by atoms with Crippen LogP contribution < -0.4 is 0 Å². The second-order valence-corrected chi connectivity index (χ2v) is 6.25. The Morgan fingerprint density at radius 1 is 1.48 bits per heavy atom. The molecule has 1 unspecified atom stereocenters. The lowest BCUT2D eigenvalue weighted by molar-refractivity contribution is -0.167. The first kappa shape index (κ1) is 14.5. The maximum Gasteiger partial charge on any atom is 0.254 e. The number of ether oxygens (including phenoxy) is 1. The van der Waals surface area contributed by atoms with E-state index in [9.17, 15) is 4.79 Å². The summed E-state index contributed by atoms with van der Waals surface area (Å²) in [6.45, 7) is 3.41. The van der Waals surface area contributed by atoms with Crippen molar-refractivity contribution < 1.29 is 14.1 Å². The number of methoxy groups -OCH3 is 1. The van der Waals surface area contributed by atoms with E-state index in [2.05, 4.69) is 10.1 Å². The molecule has 0 bridgehead atoms. The number of nitrogens with zero attached hydrogens (tertiary/aromatic N) is 3. The molecule has 1 amide bonds. The molecule has 1 saturated heterocycles. The number of rotatable bonds is 4. The van der Waals surface area contributed by atoms with Crippen molar-refractivity contribution in [1.82, 2.24) is 15.0 Å². The van der Waals surface area contributed by atoms with Crippen molar-refractivity contribution in [3.8, 4) is 0 Å². The SMILES string of the molecule is COC1(C(=O)N2CCCC(Cc3noc(C)n3)C2)CCC1. The topological polar surface area (TPSA) is 68.5 Å². The molecule has 2 fully saturated rings. The first-order chi connectivity index (χ1) is 10.1. The van der Waals surface area contributed by atoms with Crippen molar-refractivity contribution in [3.63, 3.8) is 0 Å². The molecule has 0 radical (unpaired) electrons. The molecule has 1 atom stereocenters. The van der Waals surface area contributed by atoms with E-state index in [1.165, 1.54) is 0 Å². The molecule has 1 aromatic heterocycles. The maximum atomic E-state index is 12.7. The lowest BCUT2D eigenvalue weighted by atomic mass is 9.78. The van der Waals surface area contributed by atoms with Gasteiger partial charge >= 0.3 is 0 Å². The molecule has 1 saturated carbocycles. The zero-order valence-corrected chi connectivity index (χ0v) is 12.8. The van der Waals surface area contributed by atoms with Gasteiger partial charge in [0.15, 0.2) is 5.82 Å². The Bertz CT molecular complexity index is 505. The number of hydrogen-bond acceptors (Lipinski definition) is 5. The van der Waals surface area contributed by atoms with Gasteiger partial charge in [-0.05, 0) is 38.0 Å². The van der Waals surface area contributed by atoms with Gasteiger partial charge in [-0.2, -0.15) is 4.98 Å². The van der Waals surface area contributed by atoms with Crippen molar-refractivity contribution in [1.29, 1.82) is 0 Å². The van der Waals surface area contributed by atoms with E-state index in [-0.39, 0.29) is 5.91 Å². The molecule has 1 aliphatic carbocycles. The third kappa shape index (κ3) is 2.81. The first-order valence-corrected chi connectivity index (χ1v) is 7.77. The summed E-state index contributed by atoms with van der Waals surface area (Å²) in [5.41, 5.74) is -0.537. The number of carbonyl (C=O) groups excluding carboxylic acids is 1. The van der Waals surface area contributed by atoms with Gasteiger partial charge < -0.3 is 14.2 Å². The third-order valence-corrected chi connectivity index (χ3v) is 4.79. The molecule has 3 rings (SSSR count). The van der Waals surface area contributed by atoms with Crippen LogP contribution in [0.1, 0.15) is 43.8 Å². The van der Waals surface area contributed by atoms with Crippen molar-refractivity contribution in [3.05, 3.63) is 11.7 Å². The summed E-state index contributed by atoms with van der Waals surface area (Å²) in [5.74, 6) is 1.93. The summed E-state index contributed by atoms with van der Waals surface area (Å²) in [7, 11) is 1.65. The van der Waals surface area contributed by atoms with Crippen molar-refractivity contribution in [2.75, 3.05) is 20.2 Å². The largest absolute Gasteiger partial charge is 0.368 e. The predicted molar refractivity (Wildman–Crippen MR) is 75.6 cm³/mol. The predicted octanol–water partition coefficient (Wildman–Crippen LogP) is 1.73. The van der Waals surface area contributed by atoms with E-state index in [1.54, 1.807) is 14.0 Å². The van der Waals surface area contributed by atoms with Crippen LogP contribution in [-0.4, -0.2) is 46.7 Å². The molecule has 6 heteroatoms. The summed E-state index contributed by atoms with van der Waals surface area (Å²) < 4.78 is 10.5. The zero-order chi connectivity index (χ0) is 14.9. The van der Waals surface area contributed by atoms with Gasteiger partial charge in [-0.3, -0.25) is 4.79 Å². The fourth-order valence-corrected chi connectivity index (χ4v) is 3.39. The monoisotopic (exact) mass is 293 g/mol. The highest BCUT2D eigenvalue weighted by atomic mass is 16.5. The molecule has 6 nitrogen and oxygen atoms in total. The van der Waals surface area contributed by atoms with Gasteiger partial charge in [0, 0.05) is 33.5 Å². The minimum atomic E-state index is -0.537. The number of carbonyl (C=O) groups is 1.